The Bertz CT molecular complexity index is 497. The summed E-state index contributed by atoms with van der Waals surface area (Å²) in [6.07, 6.45) is 5.59. The number of unbranched alkanes of at least 4 members (excludes halogenated alkanes) is 2. The number of para-hydroxylation sites is 1. The molecule has 0 saturated carbocycles. The number of benzene rings is 1. The highest BCUT2D eigenvalue weighted by molar-refractivity contribution is 9.10. The van der Waals surface area contributed by atoms with E-state index >= 15 is 0 Å². The predicted octanol–water partition coefficient (Wildman–Crippen LogP) is 4.60. The van der Waals surface area contributed by atoms with Crippen molar-refractivity contribution in [2.75, 3.05) is 11.9 Å². The van der Waals surface area contributed by atoms with Crippen LogP contribution in [0.15, 0.2) is 34.9 Å². The van der Waals surface area contributed by atoms with Crippen LogP contribution < -0.4 is 5.32 Å². The maximum Gasteiger partial charge on any atom is 0.0934 e. The second-order valence-corrected chi connectivity index (χ2v) is 5.08. The van der Waals surface area contributed by atoms with Gasteiger partial charge in [0.25, 0.3) is 0 Å². The van der Waals surface area contributed by atoms with Gasteiger partial charge in [0, 0.05) is 22.6 Å². The topological polar surface area (TPSA) is 24.9 Å². The van der Waals surface area contributed by atoms with Gasteiger partial charge in [-0.05, 0) is 34.5 Å². The molecular weight excluding hydrogens is 276 g/mol. The van der Waals surface area contributed by atoms with Crippen molar-refractivity contribution >= 4 is 32.5 Å². The van der Waals surface area contributed by atoms with Gasteiger partial charge in [0.15, 0.2) is 0 Å². The highest BCUT2D eigenvalue weighted by Gasteiger charge is 2.01. The number of fused-ring (bicyclic) bond motifs is 1. The van der Waals surface area contributed by atoms with Gasteiger partial charge in [0.2, 0.25) is 0 Å². The Labute approximate surface area is 111 Å². The first kappa shape index (κ1) is 12.4. The van der Waals surface area contributed by atoms with E-state index in [1.54, 1.807) is 0 Å². The molecular formula is C14H17BrN2. The van der Waals surface area contributed by atoms with Gasteiger partial charge in [-0.3, -0.25) is 4.98 Å². The van der Waals surface area contributed by atoms with Gasteiger partial charge in [-0.25, -0.2) is 0 Å². The molecule has 0 aliphatic carbocycles. The van der Waals surface area contributed by atoms with Crippen LogP contribution in [0.2, 0.25) is 0 Å². The molecule has 1 N–H and O–H groups in total. The molecule has 0 unspecified atom stereocenters. The molecule has 2 nitrogen and oxygen atoms in total. The zero-order valence-electron chi connectivity index (χ0n) is 10.0. The number of hydrogen-bond acceptors (Lipinski definition) is 2. The van der Waals surface area contributed by atoms with Crippen LogP contribution in [0.5, 0.6) is 0 Å². The summed E-state index contributed by atoms with van der Waals surface area (Å²) in [6.45, 7) is 3.24. The first-order chi connectivity index (χ1) is 8.31. The standard InChI is InChI=1S/C14H17BrN2/c1-2-3-4-8-16-13-7-5-6-11-9-12(15)10-17-14(11)13/h5-7,9-10,16H,2-4,8H2,1H3. The number of aromatic nitrogens is 1. The van der Waals surface area contributed by atoms with Gasteiger partial charge < -0.3 is 5.32 Å². The number of rotatable bonds is 5. The van der Waals surface area contributed by atoms with Crippen LogP contribution in [0.1, 0.15) is 26.2 Å². The second kappa shape index (κ2) is 6.01. The van der Waals surface area contributed by atoms with Gasteiger partial charge in [0.1, 0.15) is 0 Å². The molecule has 0 bridgehead atoms. The van der Waals surface area contributed by atoms with E-state index in [-0.39, 0.29) is 0 Å². The van der Waals surface area contributed by atoms with E-state index in [9.17, 15) is 0 Å². The molecule has 0 aliphatic rings. The molecule has 17 heavy (non-hydrogen) atoms. The van der Waals surface area contributed by atoms with Crippen molar-refractivity contribution in [1.29, 1.82) is 0 Å². The van der Waals surface area contributed by atoms with Crippen LogP contribution in [0, 0.1) is 0 Å². The molecule has 0 radical (unpaired) electrons. The molecule has 3 heteroatoms. The molecule has 0 aliphatic heterocycles. The number of nitrogens with zero attached hydrogens (tertiary/aromatic N) is 1. The smallest absolute Gasteiger partial charge is 0.0934 e. The molecule has 0 spiro atoms. The third-order valence-electron chi connectivity index (χ3n) is 2.77. The lowest BCUT2D eigenvalue weighted by atomic mass is 10.2. The van der Waals surface area contributed by atoms with Crippen LogP contribution in [0.4, 0.5) is 5.69 Å². The van der Waals surface area contributed by atoms with Crippen LogP contribution in [0.25, 0.3) is 10.9 Å². The van der Waals surface area contributed by atoms with Gasteiger partial charge in [-0.1, -0.05) is 31.9 Å². The van der Waals surface area contributed by atoms with Crippen molar-refractivity contribution in [3.8, 4) is 0 Å². The second-order valence-electron chi connectivity index (χ2n) is 4.16. The lowest BCUT2D eigenvalue weighted by Gasteiger charge is -2.08. The Balaban J connectivity index is 2.16. The van der Waals surface area contributed by atoms with Crippen molar-refractivity contribution < 1.29 is 0 Å². The van der Waals surface area contributed by atoms with E-state index in [1.165, 1.54) is 24.6 Å². The minimum Gasteiger partial charge on any atom is -0.383 e. The minimum absolute atomic E-state index is 1.02. The Morgan fingerprint density at radius 3 is 3.00 bits per heavy atom. The van der Waals surface area contributed by atoms with Crippen LogP contribution in [-0.2, 0) is 0 Å². The quantitative estimate of drug-likeness (QED) is 0.815. The summed E-state index contributed by atoms with van der Waals surface area (Å²) in [4.78, 5) is 4.47. The largest absolute Gasteiger partial charge is 0.383 e. The molecule has 2 aromatic rings. The lowest BCUT2D eigenvalue weighted by Crippen LogP contribution is -2.02. The van der Waals surface area contributed by atoms with Crippen molar-refractivity contribution in [2.45, 2.75) is 26.2 Å². The summed E-state index contributed by atoms with van der Waals surface area (Å²) < 4.78 is 1.02. The van der Waals surface area contributed by atoms with Gasteiger partial charge in [0.05, 0.1) is 11.2 Å². The number of halogens is 1. The molecule has 1 heterocycles. The van der Waals surface area contributed by atoms with E-state index in [1.807, 2.05) is 6.20 Å². The Kier molecular flexibility index (Phi) is 4.37. The molecule has 0 saturated heterocycles. The number of anilines is 1. The molecule has 1 aromatic heterocycles. The van der Waals surface area contributed by atoms with Crippen LogP contribution in [0.3, 0.4) is 0 Å². The number of pyridine rings is 1. The average molecular weight is 293 g/mol. The first-order valence-corrected chi connectivity index (χ1v) is 6.88. The fraction of sp³-hybridized carbons (Fsp3) is 0.357. The van der Waals surface area contributed by atoms with Crippen LogP contribution in [-0.4, -0.2) is 11.5 Å². The fourth-order valence-electron chi connectivity index (χ4n) is 1.87. The monoisotopic (exact) mass is 292 g/mol. The highest BCUT2D eigenvalue weighted by atomic mass is 79.9. The molecule has 2 rings (SSSR count). The summed E-state index contributed by atoms with van der Waals surface area (Å²) in [5.74, 6) is 0. The molecule has 0 amide bonds. The number of nitrogens with one attached hydrogen (secondary N) is 1. The average Bonchev–Trinajstić information content (AvgIpc) is 2.34. The summed E-state index contributed by atoms with van der Waals surface area (Å²) in [5.41, 5.74) is 2.18. The zero-order chi connectivity index (χ0) is 12.1. The Morgan fingerprint density at radius 2 is 2.18 bits per heavy atom. The van der Waals surface area contributed by atoms with Crippen molar-refractivity contribution in [3.05, 3.63) is 34.9 Å². The van der Waals surface area contributed by atoms with Crippen molar-refractivity contribution in [1.82, 2.24) is 4.98 Å². The highest BCUT2D eigenvalue weighted by Crippen LogP contribution is 2.23. The Morgan fingerprint density at radius 1 is 1.29 bits per heavy atom. The maximum absolute atomic E-state index is 4.47. The Hall–Kier alpha value is -1.09. The molecule has 1 aromatic carbocycles. The third-order valence-corrected chi connectivity index (χ3v) is 3.21. The van der Waals surface area contributed by atoms with Crippen molar-refractivity contribution in [3.63, 3.8) is 0 Å². The first-order valence-electron chi connectivity index (χ1n) is 6.09. The normalized spacial score (nSPS) is 10.7. The van der Waals surface area contributed by atoms with Crippen LogP contribution >= 0.6 is 15.9 Å². The van der Waals surface area contributed by atoms with E-state index in [2.05, 4.69) is 57.4 Å². The molecule has 90 valence electrons. The van der Waals surface area contributed by atoms with E-state index in [4.69, 9.17) is 0 Å². The molecule has 0 fully saturated rings. The van der Waals surface area contributed by atoms with E-state index in [0.717, 1.165) is 22.2 Å². The predicted molar refractivity (Wildman–Crippen MR) is 77.5 cm³/mol. The zero-order valence-corrected chi connectivity index (χ0v) is 11.6. The van der Waals surface area contributed by atoms with Gasteiger partial charge in [-0.2, -0.15) is 0 Å². The minimum atomic E-state index is 1.02. The third kappa shape index (κ3) is 3.19. The van der Waals surface area contributed by atoms with E-state index < -0.39 is 0 Å². The maximum atomic E-state index is 4.47. The SMILES string of the molecule is CCCCCNc1cccc2cc(Br)cnc12. The van der Waals surface area contributed by atoms with Crippen molar-refractivity contribution in [2.24, 2.45) is 0 Å². The lowest BCUT2D eigenvalue weighted by molar-refractivity contribution is 0.744. The van der Waals surface area contributed by atoms with E-state index in [0.29, 0.717) is 0 Å². The summed E-state index contributed by atoms with van der Waals surface area (Å²) in [6, 6.07) is 8.34. The molecule has 0 atom stereocenters. The summed E-state index contributed by atoms with van der Waals surface area (Å²) in [5, 5.41) is 4.63. The fourth-order valence-corrected chi connectivity index (χ4v) is 2.22. The van der Waals surface area contributed by atoms with Gasteiger partial charge >= 0.3 is 0 Å². The summed E-state index contributed by atoms with van der Waals surface area (Å²) in [7, 11) is 0. The van der Waals surface area contributed by atoms with Gasteiger partial charge in [-0.15, -0.1) is 0 Å². The number of hydrogen-bond donors (Lipinski definition) is 1. The summed E-state index contributed by atoms with van der Waals surface area (Å²) >= 11 is 3.45.